The maximum absolute atomic E-state index is 10.9. The molecule has 0 aromatic rings. The third kappa shape index (κ3) is 2.86. The normalized spacial score (nSPS) is 24.4. The molecule has 0 aromatic carbocycles. The maximum Gasteiger partial charge on any atom is 0.310 e. The molecule has 0 radical (unpaired) electrons. The summed E-state index contributed by atoms with van der Waals surface area (Å²) in [6.45, 7) is 3.17. The molecule has 1 heterocycles. The summed E-state index contributed by atoms with van der Waals surface area (Å²) in [7, 11) is 0. The van der Waals surface area contributed by atoms with Crippen LogP contribution in [0.1, 0.15) is 6.92 Å². The predicted molar refractivity (Wildman–Crippen MR) is 38.9 cm³/mol. The second-order valence-corrected chi connectivity index (χ2v) is 2.72. The number of nitrogens with two attached hydrogens (primary N) is 1. The van der Waals surface area contributed by atoms with Gasteiger partial charge in [-0.05, 0) is 0 Å². The number of hydrogen-bond acceptors (Lipinski definition) is 4. The molecule has 11 heavy (non-hydrogen) atoms. The quantitative estimate of drug-likeness (QED) is 0.444. The molecule has 0 bridgehead atoms. The zero-order valence-corrected chi connectivity index (χ0v) is 6.58. The fourth-order valence-corrected chi connectivity index (χ4v) is 0.578. The van der Waals surface area contributed by atoms with Gasteiger partial charge in [-0.2, -0.15) is 0 Å². The summed E-state index contributed by atoms with van der Waals surface area (Å²) < 4.78 is 9.74. The molecule has 0 aliphatic carbocycles. The van der Waals surface area contributed by atoms with Gasteiger partial charge in [-0.25, -0.2) is 0 Å². The van der Waals surface area contributed by atoms with Crippen molar-refractivity contribution in [3.8, 4) is 0 Å². The number of ether oxygens (including phenoxy) is 2. The lowest BCUT2D eigenvalue weighted by molar-refractivity contribution is -0.148. The average Bonchev–Trinajstić information content (AvgIpc) is 2.81. The molecule has 2 N–H and O–H groups in total. The molecule has 2 unspecified atom stereocenters. The fourth-order valence-electron chi connectivity index (χ4n) is 0.578. The molecule has 4 nitrogen and oxygen atoms in total. The first-order valence-electron chi connectivity index (χ1n) is 3.72. The third-order valence-corrected chi connectivity index (χ3v) is 1.57. The zero-order valence-electron chi connectivity index (χ0n) is 6.58. The van der Waals surface area contributed by atoms with Crippen molar-refractivity contribution in [3.63, 3.8) is 0 Å². The van der Waals surface area contributed by atoms with Gasteiger partial charge in [0.05, 0.1) is 12.5 Å². The van der Waals surface area contributed by atoms with Gasteiger partial charge in [0.15, 0.2) is 0 Å². The number of carbonyl (C=O) groups is 1. The van der Waals surface area contributed by atoms with E-state index in [9.17, 15) is 4.79 Å². The first kappa shape index (κ1) is 8.49. The van der Waals surface area contributed by atoms with Crippen LogP contribution in [0, 0.1) is 5.92 Å². The minimum Gasteiger partial charge on any atom is -0.463 e. The molecule has 0 spiro atoms. The van der Waals surface area contributed by atoms with Gasteiger partial charge in [-0.3, -0.25) is 4.79 Å². The summed E-state index contributed by atoms with van der Waals surface area (Å²) in [5.41, 5.74) is 5.26. The summed E-state index contributed by atoms with van der Waals surface area (Å²) in [4.78, 5) is 10.9. The first-order valence-corrected chi connectivity index (χ1v) is 3.72. The Balaban J connectivity index is 2.08. The number of hydrogen-bond donors (Lipinski definition) is 1. The van der Waals surface area contributed by atoms with E-state index in [-0.39, 0.29) is 18.0 Å². The Morgan fingerprint density at radius 3 is 3.00 bits per heavy atom. The average molecular weight is 159 g/mol. The van der Waals surface area contributed by atoms with E-state index in [2.05, 4.69) is 0 Å². The lowest BCUT2D eigenvalue weighted by Gasteiger charge is -2.06. The number of rotatable bonds is 4. The highest BCUT2D eigenvalue weighted by molar-refractivity contribution is 5.72. The fraction of sp³-hybridized carbons (Fsp3) is 0.857. The molecule has 1 saturated heterocycles. The highest BCUT2D eigenvalue weighted by Gasteiger charge is 2.25. The minimum absolute atomic E-state index is 0.143. The van der Waals surface area contributed by atoms with Gasteiger partial charge in [0.1, 0.15) is 12.7 Å². The monoisotopic (exact) mass is 159 g/mol. The maximum atomic E-state index is 10.9. The molecule has 1 fully saturated rings. The Hall–Kier alpha value is -0.610. The standard InChI is InChI=1S/C7H13NO3/c1-5(2-8)7(9)11-4-6-3-10-6/h5-6H,2-4,8H2,1H3. The minimum atomic E-state index is -0.233. The van der Waals surface area contributed by atoms with Gasteiger partial charge in [-0.1, -0.05) is 6.92 Å². The van der Waals surface area contributed by atoms with Crippen molar-refractivity contribution in [2.24, 2.45) is 11.7 Å². The van der Waals surface area contributed by atoms with Crippen molar-refractivity contribution in [1.82, 2.24) is 0 Å². The number of esters is 1. The Morgan fingerprint density at radius 1 is 1.91 bits per heavy atom. The molecular formula is C7H13NO3. The van der Waals surface area contributed by atoms with Crippen LogP contribution < -0.4 is 5.73 Å². The molecule has 1 rings (SSSR count). The van der Waals surface area contributed by atoms with Crippen molar-refractivity contribution in [3.05, 3.63) is 0 Å². The van der Waals surface area contributed by atoms with Crippen LogP contribution in [0.2, 0.25) is 0 Å². The van der Waals surface area contributed by atoms with Gasteiger partial charge in [0.25, 0.3) is 0 Å². The Morgan fingerprint density at radius 2 is 2.55 bits per heavy atom. The van der Waals surface area contributed by atoms with Crippen molar-refractivity contribution >= 4 is 5.97 Å². The van der Waals surface area contributed by atoms with E-state index in [0.717, 1.165) is 0 Å². The number of carbonyl (C=O) groups excluding carboxylic acids is 1. The highest BCUT2D eigenvalue weighted by atomic mass is 16.6. The summed E-state index contributed by atoms with van der Waals surface area (Å²) in [5, 5.41) is 0. The predicted octanol–water partition coefficient (Wildman–Crippen LogP) is -0.477. The van der Waals surface area contributed by atoms with E-state index in [1.807, 2.05) is 0 Å². The molecule has 1 aliphatic heterocycles. The van der Waals surface area contributed by atoms with E-state index < -0.39 is 0 Å². The van der Waals surface area contributed by atoms with Crippen LogP contribution in [0.25, 0.3) is 0 Å². The van der Waals surface area contributed by atoms with E-state index in [4.69, 9.17) is 15.2 Å². The first-order chi connectivity index (χ1) is 5.24. The third-order valence-electron chi connectivity index (χ3n) is 1.57. The van der Waals surface area contributed by atoms with Crippen molar-refractivity contribution in [1.29, 1.82) is 0 Å². The van der Waals surface area contributed by atoms with E-state index in [1.54, 1.807) is 6.92 Å². The Kier molecular flexibility index (Phi) is 2.84. The van der Waals surface area contributed by atoms with Crippen LogP contribution in [0.4, 0.5) is 0 Å². The summed E-state index contributed by atoms with van der Waals surface area (Å²) in [6, 6.07) is 0. The van der Waals surface area contributed by atoms with Crippen molar-refractivity contribution < 1.29 is 14.3 Å². The van der Waals surface area contributed by atoms with Crippen molar-refractivity contribution in [2.75, 3.05) is 19.8 Å². The van der Waals surface area contributed by atoms with Crippen molar-refractivity contribution in [2.45, 2.75) is 13.0 Å². The van der Waals surface area contributed by atoms with Gasteiger partial charge in [0, 0.05) is 6.54 Å². The lowest BCUT2D eigenvalue weighted by Crippen LogP contribution is -2.24. The topological polar surface area (TPSA) is 64.9 Å². The summed E-state index contributed by atoms with van der Waals surface area (Å²) >= 11 is 0. The van der Waals surface area contributed by atoms with E-state index >= 15 is 0 Å². The van der Waals surface area contributed by atoms with Crippen LogP contribution in [0.3, 0.4) is 0 Å². The molecule has 0 saturated carbocycles. The molecular weight excluding hydrogens is 146 g/mol. The van der Waals surface area contributed by atoms with Gasteiger partial charge < -0.3 is 15.2 Å². The largest absolute Gasteiger partial charge is 0.463 e. The second-order valence-electron chi connectivity index (χ2n) is 2.72. The molecule has 0 amide bonds. The lowest BCUT2D eigenvalue weighted by atomic mass is 10.2. The Bertz CT molecular complexity index is 145. The van der Waals surface area contributed by atoms with Gasteiger partial charge in [-0.15, -0.1) is 0 Å². The van der Waals surface area contributed by atoms with Crippen LogP contribution in [0.5, 0.6) is 0 Å². The molecule has 2 atom stereocenters. The summed E-state index contributed by atoms with van der Waals surface area (Å²) in [5.74, 6) is -0.434. The van der Waals surface area contributed by atoms with Gasteiger partial charge >= 0.3 is 5.97 Å². The summed E-state index contributed by atoms with van der Waals surface area (Å²) in [6.07, 6.45) is 0.143. The van der Waals surface area contributed by atoms with E-state index in [0.29, 0.717) is 19.8 Å². The van der Waals surface area contributed by atoms with Gasteiger partial charge in [0.2, 0.25) is 0 Å². The SMILES string of the molecule is CC(CN)C(=O)OCC1CO1. The van der Waals surface area contributed by atoms with Crippen LogP contribution >= 0.6 is 0 Å². The number of epoxide rings is 1. The second kappa shape index (κ2) is 3.69. The van der Waals surface area contributed by atoms with Crippen LogP contribution in [-0.4, -0.2) is 31.8 Å². The van der Waals surface area contributed by atoms with E-state index in [1.165, 1.54) is 0 Å². The molecule has 1 aliphatic rings. The van der Waals surface area contributed by atoms with Crippen LogP contribution in [-0.2, 0) is 14.3 Å². The van der Waals surface area contributed by atoms with Crippen LogP contribution in [0.15, 0.2) is 0 Å². The smallest absolute Gasteiger partial charge is 0.310 e. The highest BCUT2D eigenvalue weighted by Crippen LogP contribution is 2.09. The zero-order chi connectivity index (χ0) is 8.27. The Labute approximate surface area is 65.7 Å². The molecule has 64 valence electrons. The molecule has 4 heteroatoms. The molecule has 0 aromatic heterocycles.